The molecule has 2 nitrogen and oxygen atoms in total. The standard InChI is InChI=1S/C27H54O2/c1-5-7-9-11-13-15-17-19-23-27(3,25-21-22-26(28)29-4)24-20-18-16-14-12-10-8-6-2/h5-25H2,1-4H3. The molecule has 0 N–H and O–H groups in total. The summed E-state index contributed by atoms with van der Waals surface area (Å²) < 4.78 is 4.83. The van der Waals surface area contributed by atoms with Crippen molar-refractivity contribution in [2.24, 2.45) is 5.41 Å². The molecule has 0 rings (SSSR count). The molecule has 0 heterocycles. The number of esters is 1. The van der Waals surface area contributed by atoms with Gasteiger partial charge in [-0.1, -0.05) is 124 Å². The number of hydrogen-bond acceptors (Lipinski definition) is 2. The van der Waals surface area contributed by atoms with Crippen LogP contribution in [0.25, 0.3) is 0 Å². The number of rotatable bonds is 22. The Kier molecular flexibility index (Phi) is 20.4. The molecule has 0 saturated carbocycles. The van der Waals surface area contributed by atoms with Crippen LogP contribution in [0.4, 0.5) is 0 Å². The molecule has 0 atom stereocenters. The first kappa shape index (κ1) is 28.5. The molecule has 0 amide bonds. The third kappa shape index (κ3) is 19.2. The van der Waals surface area contributed by atoms with Crippen molar-refractivity contribution in [3.05, 3.63) is 0 Å². The van der Waals surface area contributed by atoms with Gasteiger partial charge in [-0.15, -0.1) is 0 Å². The van der Waals surface area contributed by atoms with Crippen LogP contribution in [-0.2, 0) is 9.53 Å². The maximum atomic E-state index is 11.5. The van der Waals surface area contributed by atoms with E-state index in [1.165, 1.54) is 129 Å². The van der Waals surface area contributed by atoms with E-state index in [1.807, 2.05) is 0 Å². The smallest absolute Gasteiger partial charge is 0.305 e. The first-order chi connectivity index (χ1) is 14.1. The molecular weight excluding hydrogens is 356 g/mol. The normalized spacial score (nSPS) is 11.7. The van der Waals surface area contributed by atoms with Crippen molar-refractivity contribution in [1.29, 1.82) is 0 Å². The van der Waals surface area contributed by atoms with Gasteiger partial charge in [-0.05, 0) is 31.1 Å². The Hall–Kier alpha value is -0.530. The number of ether oxygens (including phenoxy) is 1. The molecule has 29 heavy (non-hydrogen) atoms. The quantitative estimate of drug-likeness (QED) is 0.131. The van der Waals surface area contributed by atoms with Gasteiger partial charge in [0.2, 0.25) is 0 Å². The third-order valence-corrected chi connectivity index (χ3v) is 6.66. The molecular formula is C27H54O2. The fourth-order valence-corrected chi connectivity index (χ4v) is 4.51. The summed E-state index contributed by atoms with van der Waals surface area (Å²) in [6.07, 6.45) is 27.7. The van der Waals surface area contributed by atoms with Gasteiger partial charge in [-0.25, -0.2) is 0 Å². The number of methoxy groups -OCH3 is 1. The molecule has 0 aliphatic carbocycles. The minimum absolute atomic E-state index is 0.0495. The topological polar surface area (TPSA) is 26.3 Å². The molecule has 0 saturated heterocycles. The SMILES string of the molecule is CCCCCCCCCCC(C)(CCCCCCCCCC)CCCC(=O)OC. The molecule has 0 aliphatic heterocycles. The fourth-order valence-electron chi connectivity index (χ4n) is 4.51. The molecule has 0 aromatic heterocycles. The molecule has 0 fully saturated rings. The Labute approximate surface area is 184 Å². The first-order valence-corrected chi connectivity index (χ1v) is 13.1. The summed E-state index contributed by atoms with van der Waals surface area (Å²) in [6, 6.07) is 0. The number of unbranched alkanes of at least 4 members (excludes halogenated alkanes) is 14. The molecule has 0 bridgehead atoms. The maximum absolute atomic E-state index is 11.5. The van der Waals surface area contributed by atoms with Crippen LogP contribution in [0.15, 0.2) is 0 Å². The summed E-state index contributed by atoms with van der Waals surface area (Å²) >= 11 is 0. The van der Waals surface area contributed by atoms with Gasteiger partial charge >= 0.3 is 5.97 Å². The summed E-state index contributed by atoms with van der Waals surface area (Å²) in [5.74, 6) is -0.0495. The van der Waals surface area contributed by atoms with Crippen molar-refractivity contribution in [1.82, 2.24) is 0 Å². The van der Waals surface area contributed by atoms with Crippen LogP contribution in [0, 0.1) is 5.41 Å². The summed E-state index contributed by atoms with van der Waals surface area (Å²) in [5.41, 5.74) is 0.415. The Morgan fingerprint density at radius 2 is 0.931 bits per heavy atom. The first-order valence-electron chi connectivity index (χ1n) is 13.1. The zero-order valence-corrected chi connectivity index (χ0v) is 20.7. The minimum Gasteiger partial charge on any atom is -0.469 e. The second-order valence-corrected chi connectivity index (χ2v) is 9.69. The van der Waals surface area contributed by atoms with Gasteiger partial charge in [-0.2, -0.15) is 0 Å². The van der Waals surface area contributed by atoms with Crippen LogP contribution in [0.3, 0.4) is 0 Å². The third-order valence-electron chi connectivity index (χ3n) is 6.66. The van der Waals surface area contributed by atoms with Crippen LogP contribution in [0.5, 0.6) is 0 Å². The number of carbonyl (C=O) groups is 1. The van der Waals surface area contributed by atoms with Gasteiger partial charge in [0.05, 0.1) is 7.11 Å². The molecule has 0 aromatic carbocycles. The second kappa shape index (κ2) is 20.7. The van der Waals surface area contributed by atoms with E-state index < -0.39 is 0 Å². The Morgan fingerprint density at radius 1 is 0.586 bits per heavy atom. The molecule has 2 heteroatoms. The highest BCUT2D eigenvalue weighted by molar-refractivity contribution is 5.68. The van der Waals surface area contributed by atoms with Crippen molar-refractivity contribution in [2.45, 2.75) is 156 Å². The maximum Gasteiger partial charge on any atom is 0.305 e. The van der Waals surface area contributed by atoms with Crippen molar-refractivity contribution < 1.29 is 9.53 Å². The lowest BCUT2D eigenvalue weighted by molar-refractivity contribution is -0.140. The van der Waals surface area contributed by atoms with Crippen LogP contribution in [0.1, 0.15) is 156 Å². The predicted octanol–water partition coefficient (Wildman–Crippen LogP) is 9.40. The van der Waals surface area contributed by atoms with Gasteiger partial charge in [0.15, 0.2) is 0 Å². The highest BCUT2D eigenvalue weighted by atomic mass is 16.5. The van der Waals surface area contributed by atoms with Gasteiger partial charge in [0.1, 0.15) is 0 Å². The molecule has 174 valence electrons. The zero-order valence-electron chi connectivity index (χ0n) is 20.7. The van der Waals surface area contributed by atoms with Gasteiger partial charge in [0, 0.05) is 6.42 Å². The van der Waals surface area contributed by atoms with Crippen molar-refractivity contribution in [3.8, 4) is 0 Å². The lowest BCUT2D eigenvalue weighted by Gasteiger charge is -2.30. The van der Waals surface area contributed by atoms with Crippen molar-refractivity contribution in [2.75, 3.05) is 7.11 Å². The lowest BCUT2D eigenvalue weighted by Crippen LogP contribution is -2.17. The largest absolute Gasteiger partial charge is 0.469 e. The van der Waals surface area contributed by atoms with E-state index in [4.69, 9.17) is 4.74 Å². The van der Waals surface area contributed by atoms with Gasteiger partial charge in [0.25, 0.3) is 0 Å². The molecule has 0 radical (unpaired) electrons. The number of hydrogen-bond donors (Lipinski definition) is 0. The van der Waals surface area contributed by atoms with Crippen molar-refractivity contribution >= 4 is 5.97 Å². The zero-order chi connectivity index (χ0) is 21.6. The molecule has 0 spiro atoms. The summed E-state index contributed by atoms with van der Waals surface area (Å²) in [6.45, 7) is 7.05. The second-order valence-electron chi connectivity index (χ2n) is 9.69. The Balaban J connectivity index is 4.06. The van der Waals surface area contributed by atoms with E-state index in [2.05, 4.69) is 20.8 Å². The Bertz CT molecular complexity index is 330. The van der Waals surface area contributed by atoms with E-state index in [9.17, 15) is 4.79 Å². The van der Waals surface area contributed by atoms with E-state index in [0.717, 1.165) is 6.42 Å². The summed E-state index contributed by atoms with van der Waals surface area (Å²) in [5, 5.41) is 0. The van der Waals surface area contributed by atoms with Crippen LogP contribution in [0.2, 0.25) is 0 Å². The fraction of sp³-hybridized carbons (Fsp3) is 0.963. The average molecular weight is 411 g/mol. The molecule has 0 aromatic rings. The summed E-state index contributed by atoms with van der Waals surface area (Å²) in [4.78, 5) is 11.5. The van der Waals surface area contributed by atoms with Crippen LogP contribution < -0.4 is 0 Å². The molecule has 0 aliphatic rings. The monoisotopic (exact) mass is 410 g/mol. The summed E-state index contributed by atoms with van der Waals surface area (Å²) in [7, 11) is 1.50. The van der Waals surface area contributed by atoms with E-state index in [-0.39, 0.29) is 5.97 Å². The van der Waals surface area contributed by atoms with Crippen molar-refractivity contribution in [3.63, 3.8) is 0 Å². The Morgan fingerprint density at radius 3 is 1.31 bits per heavy atom. The van der Waals surface area contributed by atoms with Gasteiger partial charge < -0.3 is 4.74 Å². The lowest BCUT2D eigenvalue weighted by atomic mass is 9.76. The highest BCUT2D eigenvalue weighted by Gasteiger charge is 2.23. The minimum atomic E-state index is -0.0495. The van der Waals surface area contributed by atoms with Gasteiger partial charge in [-0.3, -0.25) is 4.79 Å². The number of carbonyl (C=O) groups excluding carboxylic acids is 1. The van der Waals surface area contributed by atoms with Crippen LogP contribution >= 0.6 is 0 Å². The van der Waals surface area contributed by atoms with E-state index in [0.29, 0.717) is 11.8 Å². The van der Waals surface area contributed by atoms with Crippen LogP contribution in [-0.4, -0.2) is 13.1 Å². The average Bonchev–Trinajstić information content (AvgIpc) is 2.72. The molecule has 0 unspecified atom stereocenters. The van der Waals surface area contributed by atoms with E-state index >= 15 is 0 Å². The van der Waals surface area contributed by atoms with E-state index in [1.54, 1.807) is 0 Å². The highest BCUT2D eigenvalue weighted by Crippen LogP contribution is 2.36. The predicted molar refractivity (Wildman–Crippen MR) is 128 cm³/mol.